The summed E-state index contributed by atoms with van der Waals surface area (Å²) < 4.78 is 0. The number of benzene rings is 3. The monoisotopic (exact) mass is 355 g/mol. The van der Waals surface area contributed by atoms with E-state index in [-0.39, 0.29) is 6.54 Å². The maximum atomic E-state index is 10.9. The van der Waals surface area contributed by atoms with Gasteiger partial charge in [-0.1, -0.05) is 84.6 Å². The largest absolute Gasteiger partial charge is 0.480 e. The molecular weight excluding hydrogens is 334 g/mol. The summed E-state index contributed by atoms with van der Waals surface area (Å²) in [5.74, 6) is 5.75. The number of fused-ring (bicyclic) bond motifs is 1. The number of allylic oxidation sites excluding steroid dienone is 1. The Balaban J connectivity index is 1.95. The number of hydrogen-bond donors (Lipinski definition) is 1. The molecule has 134 valence electrons. The first-order valence-corrected chi connectivity index (χ1v) is 8.79. The smallest absolute Gasteiger partial charge is 0.317 e. The Labute approximate surface area is 159 Å². The van der Waals surface area contributed by atoms with Gasteiger partial charge < -0.3 is 5.11 Å². The van der Waals surface area contributed by atoms with Crippen LogP contribution in [0.4, 0.5) is 0 Å². The summed E-state index contributed by atoms with van der Waals surface area (Å²) in [4.78, 5) is 12.6. The Hall–Kier alpha value is -3.35. The molecule has 0 saturated carbocycles. The van der Waals surface area contributed by atoms with Gasteiger partial charge in [-0.25, -0.2) is 0 Å². The predicted octanol–water partition coefficient (Wildman–Crippen LogP) is 4.29. The van der Waals surface area contributed by atoms with E-state index < -0.39 is 5.97 Å². The zero-order valence-corrected chi connectivity index (χ0v) is 15.2. The third-order valence-corrected chi connectivity index (χ3v) is 4.22. The van der Waals surface area contributed by atoms with Crippen LogP contribution < -0.4 is 0 Å². The molecule has 0 saturated heterocycles. The number of hydrogen-bond acceptors (Lipinski definition) is 2. The van der Waals surface area contributed by atoms with Gasteiger partial charge in [-0.3, -0.25) is 9.69 Å². The topological polar surface area (TPSA) is 40.5 Å². The normalized spacial score (nSPS) is 11.3. The lowest BCUT2D eigenvalue weighted by molar-refractivity contribution is -0.137. The molecule has 0 unspecified atom stereocenters. The van der Waals surface area contributed by atoms with Crippen molar-refractivity contribution in [1.29, 1.82) is 0 Å². The van der Waals surface area contributed by atoms with Gasteiger partial charge in [-0.2, -0.15) is 0 Å². The molecule has 0 spiro atoms. The molecule has 3 rings (SSSR count). The summed E-state index contributed by atoms with van der Waals surface area (Å²) in [5, 5.41) is 11.2. The molecule has 0 aliphatic heterocycles. The Bertz CT molecular complexity index is 1020. The van der Waals surface area contributed by atoms with Crippen LogP contribution in [0.15, 0.2) is 78.9 Å². The molecule has 3 aromatic carbocycles. The van der Waals surface area contributed by atoms with Gasteiger partial charge in [0, 0.05) is 17.7 Å². The van der Waals surface area contributed by atoms with E-state index in [9.17, 15) is 4.79 Å². The lowest BCUT2D eigenvalue weighted by Gasteiger charge is -2.11. The van der Waals surface area contributed by atoms with Crippen molar-refractivity contribution in [3.8, 4) is 11.8 Å². The van der Waals surface area contributed by atoms with Crippen molar-refractivity contribution in [1.82, 2.24) is 4.90 Å². The average molecular weight is 355 g/mol. The highest BCUT2D eigenvalue weighted by molar-refractivity contribution is 5.89. The zero-order valence-electron chi connectivity index (χ0n) is 15.2. The second-order valence-electron chi connectivity index (χ2n) is 6.35. The molecule has 3 heteroatoms. The van der Waals surface area contributed by atoms with Gasteiger partial charge in [0.2, 0.25) is 0 Å². The number of rotatable bonds is 5. The Morgan fingerprint density at radius 3 is 2.48 bits per heavy atom. The van der Waals surface area contributed by atoms with Crippen molar-refractivity contribution in [2.24, 2.45) is 0 Å². The first-order valence-electron chi connectivity index (χ1n) is 8.79. The van der Waals surface area contributed by atoms with Gasteiger partial charge in [-0.15, -0.1) is 0 Å². The first kappa shape index (κ1) is 18.4. The van der Waals surface area contributed by atoms with Gasteiger partial charge in [0.25, 0.3) is 0 Å². The number of likely N-dealkylation sites (N-methyl/N-ethyl adjacent to an activating group) is 1. The summed E-state index contributed by atoms with van der Waals surface area (Å²) in [6.07, 6.45) is 1.98. The van der Waals surface area contributed by atoms with Crippen LogP contribution in [0.25, 0.3) is 16.3 Å². The SMILES string of the molecule is CN(C/C=C(/C#Cc1cccc2ccccc12)c1ccccc1)CC(=O)O. The number of aliphatic carboxylic acids is 1. The van der Waals surface area contributed by atoms with E-state index in [0.29, 0.717) is 6.54 Å². The molecule has 27 heavy (non-hydrogen) atoms. The lowest BCUT2D eigenvalue weighted by atomic mass is 10.0. The van der Waals surface area contributed by atoms with Crippen LogP contribution in [-0.4, -0.2) is 36.1 Å². The van der Waals surface area contributed by atoms with Gasteiger partial charge in [0.1, 0.15) is 0 Å². The summed E-state index contributed by atoms with van der Waals surface area (Å²) in [7, 11) is 1.78. The molecule has 0 bridgehead atoms. The Morgan fingerprint density at radius 1 is 1.00 bits per heavy atom. The third-order valence-electron chi connectivity index (χ3n) is 4.22. The second-order valence-corrected chi connectivity index (χ2v) is 6.35. The van der Waals surface area contributed by atoms with Crippen LogP contribution >= 0.6 is 0 Å². The minimum atomic E-state index is -0.839. The zero-order chi connectivity index (χ0) is 19.1. The summed E-state index contributed by atoms with van der Waals surface area (Å²) in [6.45, 7) is 0.510. The molecule has 0 radical (unpaired) electrons. The first-order chi connectivity index (χ1) is 13.1. The number of carboxylic acids is 1. The van der Waals surface area contributed by atoms with E-state index in [2.05, 4.69) is 30.0 Å². The predicted molar refractivity (Wildman–Crippen MR) is 110 cm³/mol. The molecule has 0 amide bonds. The maximum Gasteiger partial charge on any atom is 0.317 e. The van der Waals surface area contributed by atoms with Crippen molar-refractivity contribution in [2.75, 3.05) is 20.1 Å². The minimum Gasteiger partial charge on any atom is -0.480 e. The standard InChI is InChI=1S/C24H21NO2/c1-25(18-24(26)27)17-16-20(19-8-3-2-4-9-19)14-15-22-12-7-11-21-10-5-6-13-23(21)22/h2-13,16H,17-18H2,1H3,(H,26,27)/b20-16-. The highest BCUT2D eigenvalue weighted by atomic mass is 16.4. The van der Waals surface area contributed by atoms with E-state index in [1.54, 1.807) is 11.9 Å². The van der Waals surface area contributed by atoms with Crippen LogP contribution in [0.5, 0.6) is 0 Å². The average Bonchev–Trinajstić information content (AvgIpc) is 2.68. The molecule has 0 heterocycles. The molecular formula is C24H21NO2. The second kappa shape index (κ2) is 8.84. The van der Waals surface area contributed by atoms with Crippen molar-refractivity contribution < 1.29 is 9.90 Å². The fourth-order valence-corrected chi connectivity index (χ4v) is 2.87. The molecule has 0 aromatic heterocycles. The minimum absolute atomic E-state index is 0.00464. The molecule has 0 aliphatic carbocycles. The molecule has 0 aliphatic rings. The van der Waals surface area contributed by atoms with Crippen LogP contribution in [-0.2, 0) is 4.79 Å². The molecule has 0 fully saturated rings. The van der Waals surface area contributed by atoms with Crippen LogP contribution in [0, 0.1) is 11.8 Å². The van der Waals surface area contributed by atoms with Crippen LogP contribution in [0.3, 0.4) is 0 Å². The highest BCUT2D eigenvalue weighted by Crippen LogP contribution is 2.19. The van der Waals surface area contributed by atoms with Crippen molar-refractivity contribution in [3.05, 3.63) is 90.0 Å². The van der Waals surface area contributed by atoms with Gasteiger partial charge in [0.15, 0.2) is 0 Å². The number of carboxylic acid groups (broad SMARTS) is 1. The van der Waals surface area contributed by atoms with Gasteiger partial charge in [0.05, 0.1) is 6.54 Å². The number of carbonyl (C=O) groups is 1. The Kier molecular flexibility index (Phi) is 6.04. The maximum absolute atomic E-state index is 10.9. The van der Waals surface area contributed by atoms with Crippen LogP contribution in [0.2, 0.25) is 0 Å². The van der Waals surface area contributed by atoms with Gasteiger partial charge in [-0.05, 0) is 29.4 Å². The van der Waals surface area contributed by atoms with E-state index in [1.165, 1.54) is 0 Å². The van der Waals surface area contributed by atoms with E-state index >= 15 is 0 Å². The lowest BCUT2D eigenvalue weighted by Crippen LogP contribution is -2.25. The van der Waals surface area contributed by atoms with Crippen molar-refractivity contribution in [2.45, 2.75) is 0 Å². The summed E-state index contributed by atoms with van der Waals surface area (Å²) in [5.41, 5.74) is 2.89. The number of nitrogens with zero attached hydrogens (tertiary/aromatic N) is 1. The molecule has 1 N–H and O–H groups in total. The summed E-state index contributed by atoms with van der Waals surface area (Å²) >= 11 is 0. The van der Waals surface area contributed by atoms with Gasteiger partial charge >= 0.3 is 5.97 Å². The highest BCUT2D eigenvalue weighted by Gasteiger charge is 2.04. The third kappa shape index (κ3) is 5.07. The fourth-order valence-electron chi connectivity index (χ4n) is 2.87. The summed E-state index contributed by atoms with van der Waals surface area (Å²) in [6, 6.07) is 24.3. The molecule has 3 nitrogen and oxygen atoms in total. The Morgan fingerprint density at radius 2 is 1.70 bits per heavy atom. The fraction of sp³-hybridized carbons (Fsp3) is 0.125. The quantitative estimate of drug-likeness (QED) is 0.694. The molecule has 0 atom stereocenters. The van der Waals surface area contributed by atoms with E-state index in [1.807, 2.05) is 60.7 Å². The van der Waals surface area contributed by atoms with Crippen molar-refractivity contribution >= 4 is 22.3 Å². The van der Waals surface area contributed by atoms with Crippen LogP contribution in [0.1, 0.15) is 11.1 Å². The molecule has 3 aromatic rings. The van der Waals surface area contributed by atoms with E-state index in [4.69, 9.17) is 5.11 Å². The van der Waals surface area contributed by atoms with Crippen molar-refractivity contribution in [3.63, 3.8) is 0 Å². The van der Waals surface area contributed by atoms with E-state index in [0.717, 1.165) is 27.5 Å².